The number of halogens is 1. The molecular weight excluding hydrogens is 416 g/mol. The van der Waals surface area contributed by atoms with Crippen molar-refractivity contribution >= 4 is 35.8 Å². The Balaban J connectivity index is 1.59. The minimum Gasteiger partial charge on any atom is -0.299 e. The first-order valence-corrected chi connectivity index (χ1v) is 12.1. The van der Waals surface area contributed by atoms with Gasteiger partial charge in [-0.3, -0.25) is 4.90 Å². The van der Waals surface area contributed by atoms with E-state index in [0.717, 1.165) is 13.1 Å². The van der Waals surface area contributed by atoms with Crippen LogP contribution in [0.1, 0.15) is 19.3 Å². The van der Waals surface area contributed by atoms with Gasteiger partial charge in [-0.05, 0) is 60.4 Å². The Morgan fingerprint density at radius 1 is 1.12 bits per heavy atom. The Labute approximate surface area is 151 Å². The molecule has 0 bridgehead atoms. The van der Waals surface area contributed by atoms with Crippen LogP contribution in [0.25, 0.3) is 0 Å². The summed E-state index contributed by atoms with van der Waals surface area (Å²) in [5, 5.41) is 0. The molecule has 6 nitrogen and oxygen atoms in total. The predicted molar refractivity (Wildman–Crippen MR) is 96.1 cm³/mol. The number of nitrogens with zero attached hydrogens (tertiary/aromatic N) is 1. The van der Waals surface area contributed by atoms with Crippen LogP contribution in [0.4, 0.5) is 0 Å². The number of piperidine rings is 1. The average molecular weight is 437 g/mol. The summed E-state index contributed by atoms with van der Waals surface area (Å²) >= 11 is 3.28. The van der Waals surface area contributed by atoms with Gasteiger partial charge in [-0.25, -0.2) is 21.6 Å². The molecule has 1 aromatic carbocycles. The largest absolute Gasteiger partial charge is 0.299 e. The van der Waals surface area contributed by atoms with Crippen LogP contribution in [0.15, 0.2) is 33.6 Å². The van der Waals surface area contributed by atoms with Crippen LogP contribution in [-0.2, 0) is 19.9 Å². The summed E-state index contributed by atoms with van der Waals surface area (Å²) < 4.78 is 51.5. The molecular formula is C15H21BrN2O4S2. The lowest BCUT2D eigenvalue weighted by Crippen LogP contribution is -2.48. The molecule has 2 saturated heterocycles. The summed E-state index contributed by atoms with van der Waals surface area (Å²) in [5.74, 6) is 0.507. The quantitative estimate of drug-likeness (QED) is 0.770. The second-order valence-corrected chi connectivity index (χ2v) is 11.2. The molecule has 2 heterocycles. The third kappa shape index (κ3) is 4.19. The summed E-state index contributed by atoms with van der Waals surface area (Å²) in [6.07, 6.45) is 2.08. The van der Waals surface area contributed by atoms with Crippen LogP contribution in [0, 0.1) is 0 Å². The normalized spacial score (nSPS) is 25.8. The number of hydrogen-bond donors (Lipinski definition) is 1. The van der Waals surface area contributed by atoms with Gasteiger partial charge in [-0.1, -0.05) is 12.1 Å². The van der Waals surface area contributed by atoms with E-state index in [1.54, 1.807) is 24.3 Å². The van der Waals surface area contributed by atoms with Gasteiger partial charge in [-0.15, -0.1) is 0 Å². The van der Waals surface area contributed by atoms with Gasteiger partial charge in [0.15, 0.2) is 9.84 Å². The van der Waals surface area contributed by atoms with E-state index in [0.29, 0.717) is 23.7 Å². The van der Waals surface area contributed by atoms with Gasteiger partial charge in [-0.2, -0.15) is 0 Å². The summed E-state index contributed by atoms with van der Waals surface area (Å²) in [6.45, 7) is 1.45. The van der Waals surface area contributed by atoms with Crippen molar-refractivity contribution in [3.8, 4) is 0 Å². The summed E-state index contributed by atoms with van der Waals surface area (Å²) in [5.41, 5.74) is 0. The number of sulfone groups is 1. The van der Waals surface area contributed by atoms with Crippen molar-refractivity contribution in [2.45, 2.75) is 36.2 Å². The van der Waals surface area contributed by atoms with Gasteiger partial charge in [0.05, 0.1) is 16.4 Å². The van der Waals surface area contributed by atoms with Crippen LogP contribution in [0.2, 0.25) is 0 Å². The molecule has 24 heavy (non-hydrogen) atoms. The van der Waals surface area contributed by atoms with Crippen molar-refractivity contribution in [3.63, 3.8) is 0 Å². The maximum absolute atomic E-state index is 12.5. The van der Waals surface area contributed by atoms with Gasteiger partial charge in [0.2, 0.25) is 10.0 Å². The molecule has 0 aromatic heterocycles. The highest BCUT2D eigenvalue weighted by Gasteiger charge is 2.34. The lowest BCUT2D eigenvalue weighted by molar-refractivity contribution is 0.161. The zero-order valence-electron chi connectivity index (χ0n) is 13.2. The molecule has 0 aliphatic carbocycles. The van der Waals surface area contributed by atoms with Gasteiger partial charge in [0.1, 0.15) is 0 Å². The van der Waals surface area contributed by atoms with Crippen LogP contribution in [0.5, 0.6) is 0 Å². The van der Waals surface area contributed by atoms with E-state index < -0.39 is 19.9 Å². The number of benzene rings is 1. The highest BCUT2D eigenvalue weighted by Crippen LogP contribution is 2.24. The van der Waals surface area contributed by atoms with Gasteiger partial charge >= 0.3 is 0 Å². The predicted octanol–water partition coefficient (Wildman–Crippen LogP) is 1.38. The second-order valence-electron chi connectivity index (χ2n) is 6.42. The molecule has 1 aromatic rings. The van der Waals surface area contributed by atoms with Crippen molar-refractivity contribution in [2.24, 2.45) is 0 Å². The van der Waals surface area contributed by atoms with Crippen molar-refractivity contribution in [1.82, 2.24) is 9.62 Å². The van der Waals surface area contributed by atoms with E-state index in [1.807, 2.05) is 0 Å². The Morgan fingerprint density at radius 3 is 2.38 bits per heavy atom. The van der Waals surface area contributed by atoms with Crippen LogP contribution < -0.4 is 4.72 Å². The van der Waals surface area contributed by atoms with Gasteiger partial charge < -0.3 is 0 Å². The van der Waals surface area contributed by atoms with Crippen LogP contribution >= 0.6 is 15.9 Å². The van der Waals surface area contributed by atoms with Crippen molar-refractivity contribution in [1.29, 1.82) is 0 Å². The molecule has 0 spiro atoms. The average Bonchev–Trinajstić information content (AvgIpc) is 2.88. The molecule has 2 aliphatic heterocycles. The van der Waals surface area contributed by atoms with Crippen molar-refractivity contribution < 1.29 is 16.8 Å². The Hall–Kier alpha value is -0.480. The van der Waals surface area contributed by atoms with Gasteiger partial charge in [0.25, 0.3) is 0 Å². The van der Waals surface area contributed by atoms with Crippen LogP contribution in [0.3, 0.4) is 0 Å². The maximum Gasteiger partial charge on any atom is 0.241 e. The standard InChI is InChI=1S/C15H21BrN2O4S2/c16-14-3-1-2-4-15(14)24(21,22)17-12-5-8-18(9-6-12)13-7-10-23(19,20)11-13/h1-4,12-13,17H,5-11H2. The highest BCUT2D eigenvalue weighted by atomic mass is 79.9. The topological polar surface area (TPSA) is 83.6 Å². The fourth-order valence-electron chi connectivity index (χ4n) is 3.39. The molecule has 134 valence electrons. The lowest BCUT2D eigenvalue weighted by atomic mass is 10.0. The number of hydrogen-bond acceptors (Lipinski definition) is 5. The Bertz CT molecular complexity index is 803. The molecule has 1 N–H and O–H groups in total. The summed E-state index contributed by atoms with van der Waals surface area (Å²) in [7, 11) is -6.44. The summed E-state index contributed by atoms with van der Waals surface area (Å²) in [6, 6.07) is 6.73. The van der Waals surface area contributed by atoms with E-state index in [1.165, 1.54) is 0 Å². The minimum atomic E-state index is -3.56. The van der Waals surface area contributed by atoms with E-state index in [2.05, 4.69) is 25.6 Å². The second kappa shape index (κ2) is 7.03. The smallest absolute Gasteiger partial charge is 0.241 e. The maximum atomic E-state index is 12.5. The molecule has 0 amide bonds. The summed E-state index contributed by atoms with van der Waals surface area (Å²) in [4.78, 5) is 2.43. The van der Waals surface area contributed by atoms with Crippen molar-refractivity contribution in [2.75, 3.05) is 24.6 Å². The molecule has 2 aliphatic rings. The highest BCUT2D eigenvalue weighted by molar-refractivity contribution is 9.10. The number of likely N-dealkylation sites (tertiary alicyclic amines) is 1. The van der Waals surface area contributed by atoms with E-state index in [4.69, 9.17) is 0 Å². The van der Waals surface area contributed by atoms with E-state index in [-0.39, 0.29) is 28.5 Å². The van der Waals surface area contributed by atoms with Crippen molar-refractivity contribution in [3.05, 3.63) is 28.7 Å². The molecule has 1 atom stereocenters. The van der Waals surface area contributed by atoms with Gasteiger partial charge in [0, 0.05) is 16.6 Å². The third-order valence-corrected chi connectivity index (χ3v) is 8.99. The number of sulfonamides is 1. The molecule has 0 saturated carbocycles. The minimum absolute atomic E-state index is 0.0934. The molecule has 2 fully saturated rings. The first kappa shape index (κ1) is 18.3. The van der Waals surface area contributed by atoms with E-state index in [9.17, 15) is 16.8 Å². The first-order valence-electron chi connectivity index (χ1n) is 7.98. The SMILES string of the molecule is O=S1(=O)CCC(N2CCC(NS(=O)(=O)c3ccccc3Br)CC2)C1. The molecule has 9 heteroatoms. The number of rotatable bonds is 4. The first-order chi connectivity index (χ1) is 11.3. The Morgan fingerprint density at radius 2 is 1.79 bits per heavy atom. The Kier molecular flexibility index (Phi) is 5.36. The monoisotopic (exact) mass is 436 g/mol. The zero-order chi connectivity index (χ0) is 17.4. The third-order valence-electron chi connectivity index (χ3n) is 4.70. The van der Waals surface area contributed by atoms with E-state index >= 15 is 0 Å². The molecule has 1 unspecified atom stereocenters. The fraction of sp³-hybridized carbons (Fsp3) is 0.600. The lowest BCUT2D eigenvalue weighted by Gasteiger charge is -2.35. The fourth-order valence-corrected chi connectivity index (χ4v) is 7.46. The van der Waals surface area contributed by atoms with Crippen LogP contribution in [-0.4, -0.2) is 58.4 Å². The molecule has 0 radical (unpaired) electrons. The number of nitrogens with one attached hydrogen (secondary N) is 1. The zero-order valence-corrected chi connectivity index (χ0v) is 16.4. The molecule has 3 rings (SSSR count).